The van der Waals surface area contributed by atoms with Gasteiger partial charge in [-0.25, -0.2) is 9.78 Å². The van der Waals surface area contributed by atoms with Crippen molar-refractivity contribution in [3.8, 4) is 11.5 Å². The minimum Gasteiger partial charge on any atom is -0.496 e. The summed E-state index contributed by atoms with van der Waals surface area (Å²) in [7, 11) is 4.41. The lowest BCUT2D eigenvalue weighted by molar-refractivity contribution is 0.0594. The second kappa shape index (κ2) is 9.73. The molecule has 1 aliphatic carbocycles. The Bertz CT molecular complexity index is 838. The van der Waals surface area contributed by atoms with Gasteiger partial charge in [0.15, 0.2) is 5.69 Å². The molecule has 1 aromatic heterocycles. The van der Waals surface area contributed by atoms with Gasteiger partial charge in [-0.15, -0.1) is 11.3 Å². The third-order valence-electron chi connectivity index (χ3n) is 5.17. The van der Waals surface area contributed by atoms with Crippen LogP contribution in [0.2, 0.25) is 0 Å². The zero-order valence-electron chi connectivity index (χ0n) is 17.0. The highest BCUT2D eigenvalue weighted by atomic mass is 32.1. The lowest BCUT2D eigenvalue weighted by atomic mass is 9.93. The van der Waals surface area contributed by atoms with Crippen molar-refractivity contribution < 1.29 is 23.8 Å². The minimum absolute atomic E-state index is 0.108. The molecule has 0 spiro atoms. The van der Waals surface area contributed by atoms with Crippen molar-refractivity contribution in [1.29, 1.82) is 0 Å². The Hall–Kier alpha value is -2.61. The number of aromatic nitrogens is 1. The Balaban J connectivity index is 1.95. The van der Waals surface area contributed by atoms with Gasteiger partial charge in [0.1, 0.15) is 22.1 Å². The van der Waals surface area contributed by atoms with Crippen molar-refractivity contribution in [2.24, 2.45) is 0 Å². The molecule has 1 heterocycles. The fourth-order valence-corrected chi connectivity index (χ4v) is 4.45. The summed E-state index contributed by atoms with van der Waals surface area (Å²) in [5.41, 5.74) is 0.672. The average Bonchev–Trinajstić information content (AvgIpc) is 3.25. The number of ether oxygens (including phenoxy) is 3. The highest BCUT2D eigenvalue weighted by Crippen LogP contribution is 2.33. The van der Waals surface area contributed by atoms with Crippen LogP contribution in [0.3, 0.4) is 0 Å². The number of methoxy groups -OCH3 is 3. The summed E-state index contributed by atoms with van der Waals surface area (Å²) >= 11 is 1.35. The summed E-state index contributed by atoms with van der Waals surface area (Å²) in [5.74, 6) is 0.324. The van der Waals surface area contributed by atoms with Gasteiger partial charge >= 0.3 is 5.97 Å². The molecule has 0 aliphatic heterocycles. The van der Waals surface area contributed by atoms with Crippen molar-refractivity contribution in [1.82, 2.24) is 9.88 Å². The first-order chi connectivity index (χ1) is 14.1. The van der Waals surface area contributed by atoms with Gasteiger partial charge in [-0.3, -0.25) is 4.79 Å². The van der Waals surface area contributed by atoms with Gasteiger partial charge in [-0.1, -0.05) is 25.3 Å². The van der Waals surface area contributed by atoms with Gasteiger partial charge in [0.05, 0.1) is 27.9 Å². The highest BCUT2D eigenvalue weighted by molar-refractivity contribution is 7.09. The van der Waals surface area contributed by atoms with E-state index in [-0.39, 0.29) is 17.6 Å². The van der Waals surface area contributed by atoms with E-state index in [9.17, 15) is 9.59 Å². The van der Waals surface area contributed by atoms with Gasteiger partial charge < -0.3 is 19.1 Å². The lowest BCUT2D eigenvalue weighted by Gasteiger charge is -2.34. The van der Waals surface area contributed by atoms with Gasteiger partial charge in [-0.2, -0.15) is 0 Å². The maximum atomic E-state index is 13.7. The van der Waals surface area contributed by atoms with Crippen LogP contribution in [-0.2, 0) is 11.3 Å². The molecule has 0 atom stereocenters. The largest absolute Gasteiger partial charge is 0.496 e. The van der Waals surface area contributed by atoms with Crippen LogP contribution in [0.4, 0.5) is 0 Å². The second-order valence-electron chi connectivity index (χ2n) is 6.88. The molecule has 1 fully saturated rings. The minimum atomic E-state index is -0.477. The first-order valence-corrected chi connectivity index (χ1v) is 10.5. The monoisotopic (exact) mass is 418 g/mol. The van der Waals surface area contributed by atoms with E-state index in [0.29, 0.717) is 28.6 Å². The smallest absolute Gasteiger partial charge is 0.357 e. The molecule has 2 aromatic rings. The normalized spacial score (nSPS) is 14.3. The number of rotatable bonds is 7. The quantitative estimate of drug-likeness (QED) is 0.634. The molecule has 0 radical (unpaired) electrons. The molecule has 1 saturated carbocycles. The molecule has 7 nitrogen and oxygen atoms in total. The SMILES string of the molecule is COC(=O)c1csc(CN(C(=O)c2c(OC)cccc2OC)C2CCCCC2)n1. The van der Waals surface area contributed by atoms with Crippen molar-refractivity contribution in [3.05, 3.63) is 39.8 Å². The van der Waals surface area contributed by atoms with Crippen LogP contribution in [0, 0.1) is 0 Å². The fourth-order valence-electron chi connectivity index (χ4n) is 3.69. The molecule has 0 saturated heterocycles. The number of esters is 1. The first-order valence-electron chi connectivity index (χ1n) is 9.63. The number of nitrogens with zero attached hydrogens (tertiary/aromatic N) is 2. The molecular formula is C21H26N2O5S. The molecule has 29 heavy (non-hydrogen) atoms. The van der Waals surface area contributed by atoms with Crippen molar-refractivity contribution >= 4 is 23.2 Å². The molecule has 8 heteroatoms. The number of hydrogen-bond acceptors (Lipinski definition) is 7. The molecule has 0 bridgehead atoms. The maximum Gasteiger partial charge on any atom is 0.357 e. The Kier molecular flexibility index (Phi) is 7.09. The zero-order chi connectivity index (χ0) is 20.8. The number of hydrogen-bond donors (Lipinski definition) is 0. The summed E-state index contributed by atoms with van der Waals surface area (Å²) in [6, 6.07) is 5.42. The summed E-state index contributed by atoms with van der Waals surface area (Å²) in [5, 5.41) is 2.35. The van der Waals surface area contributed by atoms with E-state index in [1.807, 2.05) is 4.90 Å². The summed E-state index contributed by atoms with van der Waals surface area (Å²) in [6.45, 7) is 0.326. The van der Waals surface area contributed by atoms with E-state index < -0.39 is 5.97 Å². The van der Waals surface area contributed by atoms with E-state index >= 15 is 0 Å². The Morgan fingerprint density at radius 1 is 1.10 bits per heavy atom. The van der Waals surface area contributed by atoms with E-state index in [2.05, 4.69) is 4.98 Å². The number of carbonyl (C=O) groups excluding carboxylic acids is 2. The molecule has 3 rings (SSSR count). The van der Waals surface area contributed by atoms with Gasteiger partial charge in [0.25, 0.3) is 5.91 Å². The lowest BCUT2D eigenvalue weighted by Crippen LogP contribution is -2.41. The predicted molar refractivity (Wildman–Crippen MR) is 110 cm³/mol. The highest BCUT2D eigenvalue weighted by Gasteiger charge is 2.31. The van der Waals surface area contributed by atoms with E-state index in [0.717, 1.165) is 25.7 Å². The van der Waals surface area contributed by atoms with E-state index in [1.165, 1.54) is 24.9 Å². The number of carbonyl (C=O) groups is 2. The summed E-state index contributed by atoms with van der Waals surface area (Å²) in [6.07, 6.45) is 5.24. The van der Waals surface area contributed by atoms with Crippen LogP contribution >= 0.6 is 11.3 Å². The van der Waals surface area contributed by atoms with E-state index in [4.69, 9.17) is 14.2 Å². The average molecular weight is 419 g/mol. The van der Waals surface area contributed by atoms with Crippen LogP contribution in [-0.4, -0.2) is 49.1 Å². The van der Waals surface area contributed by atoms with Crippen molar-refractivity contribution in [2.75, 3.05) is 21.3 Å². The second-order valence-corrected chi connectivity index (χ2v) is 7.82. The molecule has 1 amide bonds. The number of thiazole rings is 1. The fraction of sp³-hybridized carbons (Fsp3) is 0.476. The Morgan fingerprint density at radius 2 is 1.76 bits per heavy atom. The Labute approximate surface area is 174 Å². The Morgan fingerprint density at radius 3 is 2.34 bits per heavy atom. The standard InChI is InChI=1S/C21H26N2O5S/c1-26-16-10-7-11-17(27-2)19(16)20(24)23(14-8-5-4-6-9-14)12-18-22-15(13-29-18)21(25)28-3/h7,10-11,13-14H,4-6,8-9,12H2,1-3H3. The summed E-state index contributed by atoms with van der Waals surface area (Å²) < 4.78 is 15.6. The number of amides is 1. The van der Waals surface area contributed by atoms with E-state index in [1.54, 1.807) is 37.8 Å². The van der Waals surface area contributed by atoms with Crippen LogP contribution in [0.25, 0.3) is 0 Å². The van der Waals surface area contributed by atoms with Crippen LogP contribution in [0.15, 0.2) is 23.6 Å². The van der Waals surface area contributed by atoms with Gasteiger partial charge in [0.2, 0.25) is 0 Å². The van der Waals surface area contributed by atoms with Crippen LogP contribution in [0.5, 0.6) is 11.5 Å². The van der Waals surface area contributed by atoms with Gasteiger partial charge in [-0.05, 0) is 25.0 Å². The maximum absolute atomic E-state index is 13.7. The first kappa shape index (κ1) is 21.1. The van der Waals surface area contributed by atoms with Gasteiger partial charge in [0, 0.05) is 11.4 Å². The molecule has 0 unspecified atom stereocenters. The third kappa shape index (κ3) is 4.70. The third-order valence-corrected chi connectivity index (χ3v) is 6.00. The molecule has 1 aliphatic rings. The van der Waals surface area contributed by atoms with Crippen molar-refractivity contribution in [3.63, 3.8) is 0 Å². The number of benzene rings is 1. The zero-order valence-corrected chi connectivity index (χ0v) is 17.8. The molecule has 1 aromatic carbocycles. The molecule has 0 N–H and O–H groups in total. The topological polar surface area (TPSA) is 78.0 Å². The predicted octanol–water partition coefficient (Wildman–Crippen LogP) is 3.92. The molecule has 156 valence electrons. The van der Waals surface area contributed by atoms with Crippen molar-refractivity contribution in [2.45, 2.75) is 44.7 Å². The van der Waals surface area contributed by atoms with Crippen LogP contribution in [0.1, 0.15) is 58.0 Å². The summed E-state index contributed by atoms with van der Waals surface area (Å²) in [4.78, 5) is 31.6. The van der Waals surface area contributed by atoms with Crippen LogP contribution < -0.4 is 9.47 Å². The molecular weight excluding hydrogens is 392 g/mol.